The molecular formula is C18H19ClN4O5. The van der Waals surface area contributed by atoms with Crippen LogP contribution in [0.4, 0.5) is 0 Å². The van der Waals surface area contributed by atoms with Crippen LogP contribution in [-0.2, 0) is 19.0 Å². The molecular weight excluding hydrogens is 388 g/mol. The number of fused-ring (bicyclic) bond motifs is 1. The van der Waals surface area contributed by atoms with E-state index in [1.54, 1.807) is 24.1 Å². The average Bonchev–Trinajstić information content (AvgIpc) is 3.15. The molecule has 0 saturated carbocycles. The maximum absolute atomic E-state index is 12.0. The number of hydrogen-bond donors (Lipinski definition) is 0. The summed E-state index contributed by atoms with van der Waals surface area (Å²) in [5, 5.41) is 5.37. The second kappa shape index (κ2) is 9.45. The molecule has 0 aliphatic heterocycles. The highest BCUT2D eigenvalue weighted by Crippen LogP contribution is 2.27. The van der Waals surface area contributed by atoms with Crippen LogP contribution in [-0.4, -0.2) is 65.9 Å². The fourth-order valence-electron chi connectivity index (χ4n) is 2.47. The Morgan fingerprint density at radius 2 is 2.04 bits per heavy atom. The number of nitrogens with zero attached hydrogens (tertiary/aromatic N) is 4. The van der Waals surface area contributed by atoms with Gasteiger partial charge >= 0.3 is 5.97 Å². The molecule has 2 heterocycles. The molecule has 0 bridgehead atoms. The molecule has 1 aromatic carbocycles. The summed E-state index contributed by atoms with van der Waals surface area (Å²) in [6.45, 7) is 0.702. The summed E-state index contributed by atoms with van der Waals surface area (Å²) in [7, 11) is 2.84. The van der Waals surface area contributed by atoms with E-state index in [4.69, 9.17) is 30.5 Å². The van der Waals surface area contributed by atoms with Crippen molar-refractivity contribution in [2.24, 2.45) is 0 Å². The standard InChI is InChI=1S/C18H19ClN4O5/c1-25-7-8-27-10-15(18(24)26-2)28-17-12-9-22-23(16(12)20-11-21-17)14-6-4-3-5-13(14)19/h3-6,9,11,15H,7-8,10H2,1-2H3. The van der Waals surface area contributed by atoms with Crippen LogP contribution in [0.15, 0.2) is 36.8 Å². The van der Waals surface area contributed by atoms with Crippen LogP contribution in [0.25, 0.3) is 16.7 Å². The number of hydrogen-bond acceptors (Lipinski definition) is 8. The van der Waals surface area contributed by atoms with E-state index in [1.807, 2.05) is 18.2 Å². The van der Waals surface area contributed by atoms with E-state index in [0.717, 1.165) is 0 Å². The van der Waals surface area contributed by atoms with Crippen molar-refractivity contribution in [1.82, 2.24) is 19.7 Å². The van der Waals surface area contributed by atoms with Gasteiger partial charge < -0.3 is 18.9 Å². The zero-order valence-corrected chi connectivity index (χ0v) is 16.1. The number of aromatic nitrogens is 4. The summed E-state index contributed by atoms with van der Waals surface area (Å²) in [5.41, 5.74) is 1.15. The van der Waals surface area contributed by atoms with E-state index in [-0.39, 0.29) is 12.5 Å². The predicted octanol–water partition coefficient (Wildman–Crippen LogP) is 2.05. The Hall–Kier alpha value is -2.75. The molecule has 9 nitrogen and oxygen atoms in total. The largest absolute Gasteiger partial charge is 0.466 e. The molecule has 3 rings (SSSR count). The Balaban J connectivity index is 1.88. The minimum Gasteiger partial charge on any atom is -0.466 e. The Bertz CT molecular complexity index is 949. The number of methoxy groups -OCH3 is 2. The van der Waals surface area contributed by atoms with Crippen LogP contribution in [0.1, 0.15) is 0 Å². The topological polar surface area (TPSA) is 97.6 Å². The first-order valence-corrected chi connectivity index (χ1v) is 8.78. The van der Waals surface area contributed by atoms with Gasteiger partial charge in [-0.05, 0) is 12.1 Å². The van der Waals surface area contributed by atoms with E-state index in [0.29, 0.717) is 35.0 Å². The van der Waals surface area contributed by atoms with E-state index >= 15 is 0 Å². The van der Waals surface area contributed by atoms with Crippen molar-refractivity contribution in [3.05, 3.63) is 41.8 Å². The first-order chi connectivity index (χ1) is 13.7. The minimum absolute atomic E-state index is 0.0137. The van der Waals surface area contributed by atoms with Gasteiger partial charge in [0.15, 0.2) is 5.65 Å². The third-order valence-corrected chi connectivity index (χ3v) is 4.15. The fraction of sp³-hybridized carbons (Fsp3) is 0.333. The molecule has 0 spiro atoms. The summed E-state index contributed by atoms with van der Waals surface area (Å²) in [4.78, 5) is 20.4. The zero-order chi connectivity index (χ0) is 19.9. The van der Waals surface area contributed by atoms with Crippen molar-refractivity contribution < 1.29 is 23.7 Å². The van der Waals surface area contributed by atoms with E-state index in [9.17, 15) is 4.79 Å². The molecule has 1 atom stereocenters. The number of halogens is 1. The quantitative estimate of drug-likeness (QED) is 0.393. The molecule has 2 aromatic heterocycles. The Morgan fingerprint density at radius 3 is 2.79 bits per heavy atom. The second-order valence-electron chi connectivity index (χ2n) is 5.62. The third-order valence-electron chi connectivity index (χ3n) is 3.83. The van der Waals surface area contributed by atoms with Gasteiger partial charge in [-0.2, -0.15) is 5.10 Å². The number of carbonyl (C=O) groups excluding carboxylic acids is 1. The summed E-state index contributed by atoms with van der Waals surface area (Å²) < 4.78 is 22.4. The van der Waals surface area contributed by atoms with Crippen LogP contribution < -0.4 is 4.74 Å². The van der Waals surface area contributed by atoms with Crippen molar-refractivity contribution in [1.29, 1.82) is 0 Å². The number of rotatable bonds is 9. The predicted molar refractivity (Wildman–Crippen MR) is 101 cm³/mol. The summed E-state index contributed by atoms with van der Waals surface area (Å²) in [5.74, 6) is -0.392. The summed E-state index contributed by atoms with van der Waals surface area (Å²) in [6.07, 6.45) is 1.88. The molecule has 148 valence electrons. The third kappa shape index (κ3) is 4.38. The molecule has 0 aliphatic rings. The number of benzene rings is 1. The molecule has 28 heavy (non-hydrogen) atoms. The van der Waals surface area contributed by atoms with Gasteiger partial charge in [0.2, 0.25) is 12.0 Å². The lowest BCUT2D eigenvalue weighted by Gasteiger charge is -2.16. The average molecular weight is 407 g/mol. The maximum Gasteiger partial charge on any atom is 0.349 e. The monoisotopic (exact) mass is 406 g/mol. The Labute approximate surface area is 166 Å². The highest BCUT2D eigenvalue weighted by atomic mass is 35.5. The SMILES string of the molecule is COCCOCC(Oc1ncnc2c1cnn2-c1ccccc1Cl)C(=O)OC. The van der Waals surface area contributed by atoms with Crippen LogP contribution in [0.2, 0.25) is 5.02 Å². The lowest BCUT2D eigenvalue weighted by atomic mass is 10.3. The smallest absolute Gasteiger partial charge is 0.349 e. The van der Waals surface area contributed by atoms with Crippen LogP contribution in [0, 0.1) is 0 Å². The first-order valence-electron chi connectivity index (χ1n) is 8.40. The molecule has 10 heteroatoms. The maximum atomic E-state index is 12.0. The number of ether oxygens (including phenoxy) is 4. The van der Waals surface area contributed by atoms with Gasteiger partial charge in [-0.1, -0.05) is 23.7 Å². The van der Waals surface area contributed by atoms with E-state index in [2.05, 4.69) is 15.1 Å². The fourth-order valence-corrected chi connectivity index (χ4v) is 2.68. The first kappa shape index (κ1) is 20.0. The van der Waals surface area contributed by atoms with Gasteiger partial charge in [-0.3, -0.25) is 0 Å². The highest BCUT2D eigenvalue weighted by Gasteiger charge is 2.24. The summed E-state index contributed by atoms with van der Waals surface area (Å²) >= 11 is 6.26. The van der Waals surface area contributed by atoms with Gasteiger partial charge in [0.05, 0.1) is 43.8 Å². The second-order valence-corrected chi connectivity index (χ2v) is 6.03. The van der Waals surface area contributed by atoms with Crippen molar-refractivity contribution >= 4 is 28.6 Å². The normalized spacial score (nSPS) is 12.1. The number of esters is 1. The van der Waals surface area contributed by atoms with Gasteiger partial charge in [0.25, 0.3) is 0 Å². The van der Waals surface area contributed by atoms with Crippen LogP contribution >= 0.6 is 11.6 Å². The van der Waals surface area contributed by atoms with Crippen molar-refractivity contribution in [3.63, 3.8) is 0 Å². The lowest BCUT2D eigenvalue weighted by Crippen LogP contribution is -2.34. The Morgan fingerprint density at radius 1 is 1.21 bits per heavy atom. The Kier molecular flexibility index (Phi) is 6.75. The molecule has 0 N–H and O–H groups in total. The molecule has 0 fully saturated rings. The van der Waals surface area contributed by atoms with Crippen molar-refractivity contribution in [2.75, 3.05) is 34.0 Å². The molecule has 0 saturated heterocycles. The van der Waals surface area contributed by atoms with Gasteiger partial charge in [-0.25, -0.2) is 19.4 Å². The number of carbonyl (C=O) groups is 1. The zero-order valence-electron chi connectivity index (χ0n) is 15.4. The summed E-state index contributed by atoms with van der Waals surface area (Å²) in [6, 6.07) is 7.25. The molecule has 3 aromatic rings. The highest BCUT2D eigenvalue weighted by molar-refractivity contribution is 6.32. The molecule has 0 radical (unpaired) electrons. The molecule has 0 aliphatic carbocycles. The van der Waals surface area contributed by atoms with Gasteiger partial charge in [0, 0.05) is 7.11 Å². The van der Waals surface area contributed by atoms with E-state index in [1.165, 1.54) is 13.4 Å². The molecule has 1 unspecified atom stereocenters. The van der Waals surface area contributed by atoms with Gasteiger partial charge in [-0.15, -0.1) is 0 Å². The lowest BCUT2D eigenvalue weighted by molar-refractivity contribution is -0.152. The van der Waals surface area contributed by atoms with Crippen LogP contribution in [0.5, 0.6) is 5.88 Å². The van der Waals surface area contributed by atoms with Gasteiger partial charge in [0.1, 0.15) is 11.7 Å². The molecule has 0 amide bonds. The minimum atomic E-state index is -0.997. The van der Waals surface area contributed by atoms with Crippen molar-refractivity contribution in [3.8, 4) is 11.6 Å². The van der Waals surface area contributed by atoms with E-state index < -0.39 is 12.1 Å². The van der Waals surface area contributed by atoms with Crippen molar-refractivity contribution in [2.45, 2.75) is 6.10 Å². The number of para-hydroxylation sites is 1. The van der Waals surface area contributed by atoms with Crippen LogP contribution in [0.3, 0.4) is 0 Å².